The molecule has 0 bridgehead atoms. The van der Waals surface area contributed by atoms with Crippen LogP contribution in [-0.4, -0.2) is 5.38 Å². The van der Waals surface area contributed by atoms with Crippen molar-refractivity contribution >= 4 is 11.6 Å². The number of rotatable bonds is 1. The van der Waals surface area contributed by atoms with E-state index in [0.29, 0.717) is 5.92 Å². The number of hydrogen-bond acceptors (Lipinski definition) is 1. The SMILES string of the molecule is N#C[C@@H](Cl)C1CCCCC1. The summed E-state index contributed by atoms with van der Waals surface area (Å²) in [7, 11) is 0. The van der Waals surface area contributed by atoms with Crippen molar-refractivity contribution in [2.24, 2.45) is 5.92 Å². The molecule has 0 radical (unpaired) electrons. The number of nitrogens with zero attached hydrogens (tertiary/aromatic N) is 1. The smallest absolute Gasteiger partial charge is 0.123 e. The summed E-state index contributed by atoms with van der Waals surface area (Å²) in [6.07, 6.45) is 6.15. The van der Waals surface area contributed by atoms with Crippen LogP contribution in [0.2, 0.25) is 0 Å². The molecule has 1 aliphatic rings. The zero-order valence-electron chi connectivity index (χ0n) is 6.02. The second kappa shape index (κ2) is 3.83. The van der Waals surface area contributed by atoms with Gasteiger partial charge in [-0.2, -0.15) is 5.26 Å². The van der Waals surface area contributed by atoms with Gasteiger partial charge in [-0.05, 0) is 18.8 Å². The van der Waals surface area contributed by atoms with Gasteiger partial charge in [0.05, 0.1) is 6.07 Å². The largest absolute Gasteiger partial charge is 0.197 e. The molecule has 0 N–H and O–H groups in total. The molecule has 0 unspecified atom stereocenters. The third kappa shape index (κ3) is 1.88. The van der Waals surface area contributed by atoms with E-state index in [9.17, 15) is 0 Å². The Bertz CT molecular complexity index is 133. The fourth-order valence-electron chi connectivity index (χ4n) is 1.53. The maximum Gasteiger partial charge on any atom is 0.123 e. The topological polar surface area (TPSA) is 23.8 Å². The summed E-state index contributed by atoms with van der Waals surface area (Å²) in [5, 5.41) is 8.27. The Hall–Kier alpha value is -0.220. The van der Waals surface area contributed by atoms with E-state index in [0.717, 1.165) is 12.8 Å². The minimum absolute atomic E-state index is 0.236. The van der Waals surface area contributed by atoms with Crippen molar-refractivity contribution in [3.8, 4) is 6.07 Å². The Morgan fingerprint density at radius 2 is 1.90 bits per heavy atom. The van der Waals surface area contributed by atoms with Crippen LogP contribution in [0.3, 0.4) is 0 Å². The molecule has 1 nitrogen and oxygen atoms in total. The van der Waals surface area contributed by atoms with Crippen LogP contribution < -0.4 is 0 Å². The molecule has 0 aromatic carbocycles. The van der Waals surface area contributed by atoms with Crippen LogP contribution in [0.15, 0.2) is 0 Å². The molecule has 0 heterocycles. The van der Waals surface area contributed by atoms with Gasteiger partial charge in [0.1, 0.15) is 5.38 Å². The third-order valence-corrected chi connectivity index (χ3v) is 2.64. The standard InChI is InChI=1S/C8H12ClN/c9-8(6-10)7-4-2-1-3-5-7/h7-8H,1-5H2/t8-/m1/s1. The highest BCUT2D eigenvalue weighted by atomic mass is 35.5. The fraction of sp³-hybridized carbons (Fsp3) is 0.875. The van der Waals surface area contributed by atoms with Gasteiger partial charge in [0.15, 0.2) is 0 Å². The van der Waals surface area contributed by atoms with E-state index in [1.165, 1.54) is 19.3 Å². The summed E-state index contributed by atoms with van der Waals surface area (Å²) in [4.78, 5) is 0. The maximum atomic E-state index is 8.51. The summed E-state index contributed by atoms with van der Waals surface area (Å²) in [6, 6.07) is 2.10. The summed E-state index contributed by atoms with van der Waals surface area (Å²) < 4.78 is 0. The molecule has 0 saturated heterocycles. The van der Waals surface area contributed by atoms with Gasteiger partial charge >= 0.3 is 0 Å². The number of nitriles is 1. The molecule has 1 fully saturated rings. The molecule has 10 heavy (non-hydrogen) atoms. The molecule has 0 aliphatic heterocycles. The van der Waals surface area contributed by atoms with E-state index in [1.807, 2.05) is 0 Å². The molecule has 1 aliphatic carbocycles. The summed E-state index contributed by atoms with van der Waals surface area (Å²) >= 11 is 5.78. The molecular weight excluding hydrogens is 146 g/mol. The fourth-order valence-corrected chi connectivity index (χ4v) is 1.78. The highest BCUT2D eigenvalue weighted by Crippen LogP contribution is 2.28. The van der Waals surface area contributed by atoms with Crippen LogP contribution in [0, 0.1) is 17.2 Å². The molecule has 1 atom stereocenters. The van der Waals surface area contributed by atoms with Crippen molar-refractivity contribution in [1.82, 2.24) is 0 Å². The minimum Gasteiger partial charge on any atom is -0.197 e. The predicted octanol–water partition coefficient (Wildman–Crippen LogP) is 2.70. The van der Waals surface area contributed by atoms with Crippen LogP contribution >= 0.6 is 11.6 Å². The molecule has 0 aromatic rings. The van der Waals surface area contributed by atoms with Crippen molar-refractivity contribution in [3.63, 3.8) is 0 Å². The lowest BCUT2D eigenvalue weighted by Crippen LogP contribution is -2.16. The second-order valence-corrected chi connectivity index (χ2v) is 3.40. The van der Waals surface area contributed by atoms with Gasteiger partial charge in [-0.15, -0.1) is 11.6 Å². The van der Waals surface area contributed by atoms with Crippen LogP contribution in [0.4, 0.5) is 0 Å². The van der Waals surface area contributed by atoms with Gasteiger partial charge in [0, 0.05) is 0 Å². The van der Waals surface area contributed by atoms with Gasteiger partial charge in [0.2, 0.25) is 0 Å². The van der Waals surface area contributed by atoms with Crippen molar-refractivity contribution in [2.45, 2.75) is 37.5 Å². The van der Waals surface area contributed by atoms with E-state index in [1.54, 1.807) is 0 Å². The molecule has 1 rings (SSSR count). The lowest BCUT2D eigenvalue weighted by Gasteiger charge is -2.21. The van der Waals surface area contributed by atoms with Crippen molar-refractivity contribution in [3.05, 3.63) is 0 Å². The van der Waals surface area contributed by atoms with Gasteiger partial charge in [-0.1, -0.05) is 19.3 Å². The van der Waals surface area contributed by atoms with E-state index >= 15 is 0 Å². The highest BCUT2D eigenvalue weighted by Gasteiger charge is 2.20. The first kappa shape index (κ1) is 7.88. The second-order valence-electron chi connectivity index (χ2n) is 2.93. The van der Waals surface area contributed by atoms with Gasteiger partial charge in [-0.25, -0.2) is 0 Å². The van der Waals surface area contributed by atoms with Gasteiger partial charge in [-0.3, -0.25) is 0 Å². The first-order valence-corrected chi connectivity index (χ1v) is 4.32. The monoisotopic (exact) mass is 157 g/mol. The summed E-state index contributed by atoms with van der Waals surface area (Å²) in [6.45, 7) is 0. The maximum absolute atomic E-state index is 8.51. The lowest BCUT2D eigenvalue weighted by molar-refractivity contribution is 0.367. The molecular formula is C8H12ClN. The molecule has 56 valence electrons. The molecule has 0 spiro atoms. The number of alkyl halides is 1. The molecule has 1 saturated carbocycles. The number of hydrogen-bond donors (Lipinski definition) is 0. The Labute approximate surface area is 67.0 Å². The van der Waals surface area contributed by atoms with Crippen LogP contribution in [0.25, 0.3) is 0 Å². The average Bonchev–Trinajstić information content (AvgIpc) is 2.05. The highest BCUT2D eigenvalue weighted by molar-refractivity contribution is 6.22. The Balaban J connectivity index is 2.33. The predicted molar refractivity (Wildman–Crippen MR) is 41.8 cm³/mol. The van der Waals surface area contributed by atoms with Crippen molar-refractivity contribution < 1.29 is 0 Å². The molecule has 2 heteroatoms. The first-order chi connectivity index (χ1) is 4.84. The van der Waals surface area contributed by atoms with Crippen LogP contribution in [-0.2, 0) is 0 Å². The minimum atomic E-state index is -0.236. The van der Waals surface area contributed by atoms with Crippen molar-refractivity contribution in [1.29, 1.82) is 5.26 Å². The van der Waals surface area contributed by atoms with Gasteiger partial charge < -0.3 is 0 Å². The summed E-state index contributed by atoms with van der Waals surface area (Å²) in [5.74, 6) is 0.473. The molecule has 0 aromatic heterocycles. The summed E-state index contributed by atoms with van der Waals surface area (Å²) in [5.41, 5.74) is 0. The first-order valence-electron chi connectivity index (χ1n) is 3.88. The van der Waals surface area contributed by atoms with E-state index in [4.69, 9.17) is 16.9 Å². The van der Waals surface area contributed by atoms with Crippen LogP contribution in [0.5, 0.6) is 0 Å². The quantitative estimate of drug-likeness (QED) is 0.537. The van der Waals surface area contributed by atoms with E-state index in [2.05, 4.69) is 6.07 Å². The third-order valence-electron chi connectivity index (χ3n) is 2.19. The zero-order valence-corrected chi connectivity index (χ0v) is 6.77. The molecule has 0 amide bonds. The van der Waals surface area contributed by atoms with E-state index < -0.39 is 0 Å². The lowest BCUT2D eigenvalue weighted by atomic mass is 9.87. The zero-order chi connectivity index (χ0) is 7.40. The Kier molecular flexibility index (Phi) is 3.02. The van der Waals surface area contributed by atoms with Crippen LogP contribution in [0.1, 0.15) is 32.1 Å². The van der Waals surface area contributed by atoms with Crippen molar-refractivity contribution in [2.75, 3.05) is 0 Å². The Morgan fingerprint density at radius 1 is 1.30 bits per heavy atom. The number of halogens is 1. The van der Waals surface area contributed by atoms with Gasteiger partial charge in [0.25, 0.3) is 0 Å². The average molecular weight is 158 g/mol. The Morgan fingerprint density at radius 3 is 2.40 bits per heavy atom. The van der Waals surface area contributed by atoms with E-state index in [-0.39, 0.29) is 5.38 Å². The normalized spacial score (nSPS) is 23.6.